The molecule has 1 heterocycles. The fourth-order valence-electron chi connectivity index (χ4n) is 1.42. The minimum atomic E-state index is -5.01. The minimum absolute atomic E-state index is 0.104. The SMILES string of the molecule is CCOC(=O)Cc1cnc(OC(F)(F)F)c(CN)c1F. The Morgan fingerprint density at radius 2 is 2.10 bits per heavy atom. The first-order valence-corrected chi connectivity index (χ1v) is 5.56. The summed E-state index contributed by atoms with van der Waals surface area (Å²) in [5, 5.41) is 0. The van der Waals surface area contributed by atoms with E-state index in [0.29, 0.717) is 0 Å². The Balaban J connectivity index is 3.05. The Bertz CT molecular complexity index is 491. The highest BCUT2D eigenvalue weighted by atomic mass is 19.4. The van der Waals surface area contributed by atoms with Gasteiger partial charge in [-0.2, -0.15) is 0 Å². The quantitative estimate of drug-likeness (QED) is 0.661. The molecule has 0 fully saturated rings. The van der Waals surface area contributed by atoms with Crippen molar-refractivity contribution in [3.63, 3.8) is 0 Å². The Morgan fingerprint density at radius 3 is 2.60 bits per heavy atom. The second kappa shape index (κ2) is 6.51. The van der Waals surface area contributed by atoms with Crippen LogP contribution in [0.4, 0.5) is 17.6 Å². The molecule has 0 aliphatic carbocycles. The van der Waals surface area contributed by atoms with Gasteiger partial charge in [0.2, 0.25) is 5.88 Å². The molecule has 1 aromatic heterocycles. The number of pyridine rings is 1. The third-order valence-electron chi connectivity index (χ3n) is 2.20. The predicted molar refractivity (Wildman–Crippen MR) is 59.1 cm³/mol. The maximum Gasteiger partial charge on any atom is 0.574 e. The Morgan fingerprint density at radius 1 is 1.45 bits per heavy atom. The molecule has 112 valence electrons. The van der Waals surface area contributed by atoms with Crippen LogP contribution in [0.15, 0.2) is 6.20 Å². The first-order chi connectivity index (χ1) is 9.28. The zero-order chi connectivity index (χ0) is 15.3. The average Bonchev–Trinajstić information content (AvgIpc) is 2.31. The van der Waals surface area contributed by atoms with E-state index >= 15 is 0 Å². The molecule has 0 atom stereocenters. The smallest absolute Gasteiger partial charge is 0.466 e. The van der Waals surface area contributed by atoms with Gasteiger partial charge in [-0.1, -0.05) is 0 Å². The average molecular weight is 296 g/mol. The lowest BCUT2D eigenvalue weighted by Crippen LogP contribution is -2.21. The van der Waals surface area contributed by atoms with Gasteiger partial charge in [0.25, 0.3) is 0 Å². The Kier molecular flexibility index (Phi) is 5.26. The summed E-state index contributed by atoms with van der Waals surface area (Å²) in [6.07, 6.45) is -4.68. The topological polar surface area (TPSA) is 74.4 Å². The highest BCUT2D eigenvalue weighted by Crippen LogP contribution is 2.27. The van der Waals surface area contributed by atoms with Gasteiger partial charge in [-0.15, -0.1) is 13.2 Å². The van der Waals surface area contributed by atoms with Gasteiger partial charge in [-0.05, 0) is 6.92 Å². The van der Waals surface area contributed by atoms with Gasteiger partial charge in [0.1, 0.15) is 5.82 Å². The van der Waals surface area contributed by atoms with E-state index in [1.165, 1.54) is 0 Å². The van der Waals surface area contributed by atoms with Gasteiger partial charge in [-0.3, -0.25) is 4.79 Å². The first kappa shape index (κ1) is 16.2. The van der Waals surface area contributed by atoms with Gasteiger partial charge in [0.15, 0.2) is 0 Å². The zero-order valence-corrected chi connectivity index (χ0v) is 10.5. The standard InChI is InChI=1S/C11H12F4N2O3/c1-2-19-8(18)3-6-5-17-10(20-11(13,14)15)7(4-16)9(6)12/h5H,2-4,16H2,1H3. The lowest BCUT2D eigenvalue weighted by molar-refractivity contribution is -0.276. The van der Waals surface area contributed by atoms with Gasteiger partial charge in [0.05, 0.1) is 18.6 Å². The molecule has 9 heteroatoms. The van der Waals surface area contributed by atoms with Crippen molar-refractivity contribution in [1.82, 2.24) is 4.98 Å². The largest absolute Gasteiger partial charge is 0.574 e. The van der Waals surface area contributed by atoms with E-state index < -0.39 is 42.6 Å². The van der Waals surface area contributed by atoms with Crippen molar-refractivity contribution in [1.29, 1.82) is 0 Å². The van der Waals surface area contributed by atoms with Crippen LogP contribution < -0.4 is 10.5 Å². The van der Waals surface area contributed by atoms with E-state index in [4.69, 9.17) is 5.73 Å². The van der Waals surface area contributed by atoms with Crippen LogP contribution in [-0.4, -0.2) is 23.9 Å². The molecule has 0 radical (unpaired) electrons. The van der Waals surface area contributed by atoms with Crippen LogP contribution in [0.3, 0.4) is 0 Å². The van der Waals surface area contributed by atoms with Crippen LogP contribution in [0.1, 0.15) is 18.1 Å². The molecule has 2 N–H and O–H groups in total. The van der Waals surface area contributed by atoms with Crippen LogP contribution >= 0.6 is 0 Å². The number of alkyl halides is 3. The number of halogens is 4. The summed E-state index contributed by atoms with van der Waals surface area (Å²) in [7, 11) is 0. The van der Waals surface area contributed by atoms with Gasteiger partial charge < -0.3 is 15.2 Å². The Hall–Kier alpha value is -1.90. The fourth-order valence-corrected chi connectivity index (χ4v) is 1.42. The minimum Gasteiger partial charge on any atom is -0.466 e. The Labute approximate surface area is 111 Å². The fraction of sp³-hybridized carbons (Fsp3) is 0.455. The number of nitrogens with two attached hydrogens (primary N) is 1. The van der Waals surface area contributed by atoms with Crippen LogP contribution in [0.25, 0.3) is 0 Å². The summed E-state index contributed by atoms with van der Waals surface area (Å²) in [5.74, 6) is -2.75. The van der Waals surface area contributed by atoms with E-state index in [1.807, 2.05) is 0 Å². The van der Waals surface area contributed by atoms with Crippen LogP contribution in [0.2, 0.25) is 0 Å². The normalized spacial score (nSPS) is 11.3. The molecule has 1 rings (SSSR count). The number of hydrogen-bond acceptors (Lipinski definition) is 5. The van der Waals surface area contributed by atoms with E-state index in [1.54, 1.807) is 6.92 Å². The number of carbonyl (C=O) groups is 1. The number of carbonyl (C=O) groups excluding carboxylic acids is 1. The monoisotopic (exact) mass is 296 g/mol. The van der Waals surface area contributed by atoms with E-state index in [2.05, 4.69) is 14.5 Å². The highest BCUT2D eigenvalue weighted by molar-refractivity contribution is 5.72. The summed E-state index contributed by atoms with van der Waals surface area (Å²) in [6.45, 7) is 1.12. The van der Waals surface area contributed by atoms with Crippen molar-refractivity contribution in [2.75, 3.05) is 6.61 Å². The summed E-state index contributed by atoms with van der Waals surface area (Å²) in [4.78, 5) is 14.6. The third-order valence-corrected chi connectivity index (χ3v) is 2.20. The molecule has 0 spiro atoms. The van der Waals surface area contributed by atoms with Gasteiger partial charge in [0, 0.05) is 18.3 Å². The number of rotatable bonds is 5. The predicted octanol–water partition coefficient (Wildman–Crippen LogP) is 1.68. The van der Waals surface area contributed by atoms with Crippen molar-refractivity contribution < 1.29 is 31.8 Å². The molecule has 0 bridgehead atoms. The molecule has 0 saturated carbocycles. The van der Waals surface area contributed by atoms with Crippen molar-refractivity contribution in [2.45, 2.75) is 26.3 Å². The number of esters is 1. The molecule has 0 amide bonds. The van der Waals surface area contributed by atoms with Crippen molar-refractivity contribution in [3.8, 4) is 5.88 Å². The molecule has 0 saturated heterocycles. The lowest BCUT2D eigenvalue weighted by Gasteiger charge is -2.13. The molecular formula is C11H12F4N2O3. The maximum atomic E-state index is 13.9. The second-order valence-corrected chi connectivity index (χ2v) is 3.61. The van der Waals surface area contributed by atoms with E-state index in [9.17, 15) is 22.4 Å². The van der Waals surface area contributed by atoms with Crippen LogP contribution in [-0.2, 0) is 22.5 Å². The lowest BCUT2D eigenvalue weighted by atomic mass is 10.1. The number of hydrogen-bond donors (Lipinski definition) is 1. The molecule has 1 aromatic rings. The van der Waals surface area contributed by atoms with Gasteiger partial charge >= 0.3 is 12.3 Å². The molecular weight excluding hydrogens is 284 g/mol. The molecule has 20 heavy (non-hydrogen) atoms. The maximum absolute atomic E-state index is 13.9. The molecule has 0 aromatic carbocycles. The number of nitrogens with zero attached hydrogens (tertiary/aromatic N) is 1. The molecule has 0 unspecified atom stereocenters. The third kappa shape index (κ3) is 4.34. The van der Waals surface area contributed by atoms with Gasteiger partial charge in [-0.25, -0.2) is 9.37 Å². The highest BCUT2D eigenvalue weighted by Gasteiger charge is 2.33. The second-order valence-electron chi connectivity index (χ2n) is 3.61. The van der Waals surface area contributed by atoms with E-state index in [-0.39, 0.29) is 12.2 Å². The first-order valence-electron chi connectivity index (χ1n) is 5.56. The summed E-state index contributed by atoms with van der Waals surface area (Å²) in [6, 6.07) is 0. The van der Waals surface area contributed by atoms with Crippen LogP contribution in [0, 0.1) is 5.82 Å². The molecule has 0 aliphatic heterocycles. The summed E-state index contributed by atoms with van der Waals surface area (Å²) < 4.78 is 58.4. The zero-order valence-electron chi connectivity index (χ0n) is 10.5. The van der Waals surface area contributed by atoms with Crippen LogP contribution in [0.5, 0.6) is 5.88 Å². The molecule has 0 aliphatic rings. The molecule has 5 nitrogen and oxygen atoms in total. The van der Waals surface area contributed by atoms with Crippen molar-refractivity contribution in [3.05, 3.63) is 23.1 Å². The van der Waals surface area contributed by atoms with Crippen molar-refractivity contribution in [2.24, 2.45) is 5.73 Å². The summed E-state index contributed by atoms with van der Waals surface area (Å²) >= 11 is 0. The number of aromatic nitrogens is 1. The number of ether oxygens (including phenoxy) is 2. The summed E-state index contributed by atoms with van der Waals surface area (Å²) in [5.41, 5.74) is 4.42. The van der Waals surface area contributed by atoms with E-state index in [0.717, 1.165) is 6.20 Å². The van der Waals surface area contributed by atoms with Crippen molar-refractivity contribution >= 4 is 5.97 Å².